The highest BCUT2D eigenvalue weighted by atomic mass is 16.7. The van der Waals surface area contributed by atoms with E-state index in [1.165, 1.54) is 0 Å². The van der Waals surface area contributed by atoms with E-state index in [4.69, 9.17) is 14.2 Å². The molecule has 0 spiro atoms. The highest BCUT2D eigenvalue weighted by Gasteiger charge is 2.06. The average Bonchev–Trinajstić information content (AvgIpc) is 2.52. The van der Waals surface area contributed by atoms with E-state index < -0.39 is 0 Å². The number of benzene rings is 2. The Balaban J connectivity index is 2.08. The molecule has 0 radical (unpaired) electrons. The van der Waals surface area contributed by atoms with Gasteiger partial charge >= 0.3 is 0 Å². The van der Waals surface area contributed by atoms with Crippen LogP contribution in [0.25, 0.3) is 0 Å². The molecule has 2 aromatic rings. The van der Waals surface area contributed by atoms with Crippen LogP contribution < -0.4 is 9.47 Å². The Morgan fingerprint density at radius 2 is 1.65 bits per heavy atom. The van der Waals surface area contributed by atoms with Gasteiger partial charge in [0, 0.05) is 12.7 Å². The molecule has 0 bridgehead atoms. The molecule has 0 unspecified atom stereocenters. The normalized spacial score (nSPS) is 10.1. The lowest BCUT2D eigenvalue weighted by Gasteiger charge is -2.12. The molecule has 0 saturated carbocycles. The molecule has 0 aliphatic heterocycles. The molecule has 20 heavy (non-hydrogen) atoms. The van der Waals surface area contributed by atoms with Gasteiger partial charge in [-0.3, -0.25) is 4.79 Å². The van der Waals surface area contributed by atoms with E-state index in [1.54, 1.807) is 25.3 Å². The van der Waals surface area contributed by atoms with Crippen LogP contribution in [-0.2, 0) is 11.3 Å². The van der Waals surface area contributed by atoms with Crippen LogP contribution in [0.1, 0.15) is 15.9 Å². The standard InChI is InChI=1S/C16H16O4/c1-18-12-20-16-9-5-3-7-14(16)11-19-15-8-4-2-6-13(15)10-17/h2-10H,11-12H2,1H3. The zero-order valence-corrected chi connectivity index (χ0v) is 11.2. The van der Waals surface area contributed by atoms with Crippen molar-refractivity contribution in [3.63, 3.8) is 0 Å². The van der Waals surface area contributed by atoms with Crippen LogP contribution in [0.3, 0.4) is 0 Å². The number of carbonyl (C=O) groups excluding carboxylic acids is 1. The predicted octanol–water partition coefficient (Wildman–Crippen LogP) is 3.06. The first kappa shape index (κ1) is 14.1. The van der Waals surface area contributed by atoms with Crippen molar-refractivity contribution in [1.82, 2.24) is 0 Å². The van der Waals surface area contributed by atoms with Crippen molar-refractivity contribution in [2.45, 2.75) is 6.61 Å². The van der Waals surface area contributed by atoms with E-state index in [0.717, 1.165) is 11.8 Å². The Hall–Kier alpha value is -2.33. The van der Waals surface area contributed by atoms with E-state index in [9.17, 15) is 4.79 Å². The SMILES string of the molecule is COCOc1ccccc1COc1ccccc1C=O. The lowest BCUT2D eigenvalue weighted by Crippen LogP contribution is -2.04. The van der Waals surface area contributed by atoms with Gasteiger partial charge in [-0.15, -0.1) is 0 Å². The molecule has 104 valence electrons. The van der Waals surface area contributed by atoms with Crippen LogP contribution in [0, 0.1) is 0 Å². The maximum atomic E-state index is 10.9. The second-order valence-corrected chi connectivity index (χ2v) is 4.10. The lowest BCUT2D eigenvalue weighted by molar-refractivity contribution is 0.0497. The molecule has 4 nitrogen and oxygen atoms in total. The van der Waals surface area contributed by atoms with Gasteiger partial charge in [-0.05, 0) is 18.2 Å². The number of methoxy groups -OCH3 is 1. The Kier molecular flexibility index (Phi) is 5.15. The first-order valence-corrected chi connectivity index (χ1v) is 6.22. The molecule has 0 amide bonds. The number of carbonyl (C=O) groups is 1. The minimum atomic E-state index is 0.182. The van der Waals surface area contributed by atoms with E-state index in [0.29, 0.717) is 23.7 Å². The fourth-order valence-corrected chi connectivity index (χ4v) is 1.75. The molecule has 2 rings (SSSR count). The molecule has 0 fully saturated rings. The van der Waals surface area contributed by atoms with Crippen molar-refractivity contribution < 1.29 is 19.0 Å². The number of para-hydroxylation sites is 2. The molecule has 2 aromatic carbocycles. The molecule has 0 aliphatic rings. The summed E-state index contributed by atoms with van der Waals surface area (Å²) in [5.74, 6) is 1.27. The molecule has 0 atom stereocenters. The highest BCUT2D eigenvalue weighted by Crippen LogP contribution is 2.22. The molecular formula is C16H16O4. The second-order valence-electron chi connectivity index (χ2n) is 4.10. The van der Waals surface area contributed by atoms with Crippen molar-refractivity contribution in [2.24, 2.45) is 0 Å². The van der Waals surface area contributed by atoms with Gasteiger partial charge in [0.1, 0.15) is 18.1 Å². The van der Waals surface area contributed by atoms with Crippen molar-refractivity contribution in [1.29, 1.82) is 0 Å². The summed E-state index contributed by atoms with van der Waals surface area (Å²) in [6.07, 6.45) is 0.780. The van der Waals surface area contributed by atoms with E-state index in [-0.39, 0.29) is 6.79 Å². The number of ether oxygens (including phenoxy) is 3. The monoisotopic (exact) mass is 272 g/mol. The van der Waals surface area contributed by atoms with Crippen LogP contribution in [0.4, 0.5) is 0 Å². The molecule has 4 heteroatoms. The summed E-state index contributed by atoms with van der Waals surface area (Å²) in [7, 11) is 1.57. The summed E-state index contributed by atoms with van der Waals surface area (Å²) < 4.78 is 16.0. The zero-order valence-electron chi connectivity index (χ0n) is 11.2. The summed E-state index contributed by atoms with van der Waals surface area (Å²) in [5.41, 5.74) is 1.42. The highest BCUT2D eigenvalue weighted by molar-refractivity contribution is 5.79. The number of hydrogen-bond donors (Lipinski definition) is 0. The summed E-state index contributed by atoms with van der Waals surface area (Å²) in [6.45, 7) is 0.507. The molecule has 0 aromatic heterocycles. The van der Waals surface area contributed by atoms with Gasteiger partial charge in [0.25, 0.3) is 0 Å². The van der Waals surface area contributed by atoms with Crippen molar-refractivity contribution >= 4 is 6.29 Å². The topological polar surface area (TPSA) is 44.8 Å². The molecule has 0 saturated heterocycles. The van der Waals surface area contributed by atoms with Crippen molar-refractivity contribution in [3.05, 3.63) is 59.7 Å². The third kappa shape index (κ3) is 3.59. The molecule has 0 heterocycles. The van der Waals surface area contributed by atoms with Gasteiger partial charge in [0.05, 0.1) is 5.56 Å². The van der Waals surface area contributed by atoms with Gasteiger partial charge in [0.15, 0.2) is 13.1 Å². The lowest BCUT2D eigenvalue weighted by atomic mass is 10.2. The van der Waals surface area contributed by atoms with Gasteiger partial charge in [0.2, 0.25) is 0 Å². The van der Waals surface area contributed by atoms with Crippen LogP contribution in [0.15, 0.2) is 48.5 Å². The number of rotatable bonds is 7. The molecule has 0 aliphatic carbocycles. The van der Waals surface area contributed by atoms with E-state index >= 15 is 0 Å². The van der Waals surface area contributed by atoms with Gasteiger partial charge in [-0.25, -0.2) is 0 Å². The summed E-state index contributed by atoms with van der Waals surface area (Å²) in [4.78, 5) is 10.9. The summed E-state index contributed by atoms with van der Waals surface area (Å²) in [6, 6.07) is 14.7. The largest absolute Gasteiger partial charge is 0.488 e. The van der Waals surface area contributed by atoms with Crippen LogP contribution in [0.5, 0.6) is 11.5 Å². The van der Waals surface area contributed by atoms with Gasteiger partial charge in [-0.1, -0.05) is 30.3 Å². The summed E-state index contributed by atoms with van der Waals surface area (Å²) in [5, 5.41) is 0. The maximum Gasteiger partial charge on any atom is 0.188 e. The minimum Gasteiger partial charge on any atom is -0.488 e. The third-order valence-electron chi connectivity index (χ3n) is 2.73. The Labute approximate surface area is 117 Å². The maximum absolute atomic E-state index is 10.9. The zero-order chi connectivity index (χ0) is 14.2. The van der Waals surface area contributed by atoms with Crippen LogP contribution >= 0.6 is 0 Å². The predicted molar refractivity (Wildman–Crippen MR) is 75.1 cm³/mol. The first-order valence-electron chi connectivity index (χ1n) is 6.22. The minimum absolute atomic E-state index is 0.182. The van der Waals surface area contributed by atoms with E-state index in [2.05, 4.69) is 0 Å². The van der Waals surface area contributed by atoms with E-state index in [1.807, 2.05) is 30.3 Å². The van der Waals surface area contributed by atoms with Gasteiger partial charge in [-0.2, -0.15) is 0 Å². The quantitative estimate of drug-likeness (QED) is 0.574. The van der Waals surface area contributed by atoms with Crippen LogP contribution in [-0.4, -0.2) is 20.2 Å². The van der Waals surface area contributed by atoms with Gasteiger partial charge < -0.3 is 14.2 Å². The Bertz CT molecular complexity index is 566. The third-order valence-corrected chi connectivity index (χ3v) is 2.73. The Morgan fingerprint density at radius 3 is 2.40 bits per heavy atom. The fraction of sp³-hybridized carbons (Fsp3) is 0.188. The number of hydrogen-bond acceptors (Lipinski definition) is 4. The van der Waals surface area contributed by atoms with Crippen molar-refractivity contribution in [3.8, 4) is 11.5 Å². The fourth-order valence-electron chi connectivity index (χ4n) is 1.75. The number of aldehydes is 1. The molecule has 0 N–H and O–H groups in total. The summed E-state index contributed by atoms with van der Waals surface area (Å²) >= 11 is 0. The van der Waals surface area contributed by atoms with Crippen molar-refractivity contribution in [2.75, 3.05) is 13.9 Å². The van der Waals surface area contributed by atoms with Crippen LogP contribution in [0.2, 0.25) is 0 Å². The smallest absolute Gasteiger partial charge is 0.188 e. The molecular weight excluding hydrogens is 256 g/mol. The second kappa shape index (κ2) is 7.31. The first-order chi connectivity index (χ1) is 9.85. The Morgan fingerprint density at radius 1 is 0.950 bits per heavy atom. The average molecular weight is 272 g/mol.